The maximum absolute atomic E-state index is 12.5. The average Bonchev–Trinajstić information content (AvgIpc) is 2.72. The molecule has 28 heavy (non-hydrogen) atoms. The molecule has 0 aliphatic rings. The highest BCUT2D eigenvalue weighted by Gasteiger charge is 2.12. The number of carbonyl (C=O) groups excluding carboxylic acids is 2. The van der Waals surface area contributed by atoms with Crippen LogP contribution in [-0.4, -0.2) is 33.9 Å². The summed E-state index contributed by atoms with van der Waals surface area (Å²) in [6.07, 6.45) is 3.45. The van der Waals surface area contributed by atoms with Crippen molar-refractivity contribution in [2.45, 2.75) is 13.5 Å². The van der Waals surface area contributed by atoms with Gasteiger partial charge in [0.2, 0.25) is 5.95 Å². The van der Waals surface area contributed by atoms with Gasteiger partial charge in [-0.25, -0.2) is 14.8 Å². The molecule has 0 aliphatic carbocycles. The molecule has 2 aromatic heterocycles. The zero-order valence-electron chi connectivity index (χ0n) is 15.5. The second-order valence-electron chi connectivity index (χ2n) is 5.96. The molecule has 8 heteroatoms. The fourth-order valence-corrected chi connectivity index (χ4v) is 2.45. The Kier molecular flexibility index (Phi) is 5.91. The highest BCUT2D eigenvalue weighted by Crippen LogP contribution is 2.13. The van der Waals surface area contributed by atoms with E-state index < -0.39 is 5.97 Å². The van der Waals surface area contributed by atoms with Crippen LogP contribution >= 0.6 is 0 Å². The van der Waals surface area contributed by atoms with Crippen LogP contribution in [0.3, 0.4) is 0 Å². The van der Waals surface area contributed by atoms with E-state index in [1.165, 1.54) is 7.11 Å². The normalized spacial score (nSPS) is 10.2. The molecular weight excluding hydrogens is 358 g/mol. The Balaban J connectivity index is 1.69. The van der Waals surface area contributed by atoms with E-state index >= 15 is 0 Å². The van der Waals surface area contributed by atoms with Gasteiger partial charge < -0.3 is 15.4 Å². The highest BCUT2D eigenvalue weighted by atomic mass is 16.5. The predicted octanol–water partition coefficient (Wildman–Crippen LogP) is 2.83. The number of nitrogens with zero attached hydrogens (tertiary/aromatic N) is 3. The van der Waals surface area contributed by atoms with Crippen molar-refractivity contribution in [3.8, 4) is 0 Å². The number of benzene rings is 1. The van der Waals surface area contributed by atoms with Gasteiger partial charge in [-0.05, 0) is 48.9 Å². The summed E-state index contributed by atoms with van der Waals surface area (Å²) < 4.78 is 4.65. The first-order chi connectivity index (χ1) is 13.5. The number of methoxy groups -OCH3 is 1. The SMILES string of the molecule is COC(=O)c1ccc(NC(=O)c2cc(C)nc(NCc3cccnc3)n2)cc1. The number of pyridine rings is 1. The summed E-state index contributed by atoms with van der Waals surface area (Å²) in [4.78, 5) is 36.6. The molecule has 1 amide bonds. The number of nitrogens with one attached hydrogen (secondary N) is 2. The zero-order chi connectivity index (χ0) is 19.9. The van der Waals surface area contributed by atoms with Crippen molar-refractivity contribution in [3.63, 3.8) is 0 Å². The van der Waals surface area contributed by atoms with Crippen molar-refractivity contribution >= 4 is 23.5 Å². The van der Waals surface area contributed by atoms with Gasteiger partial charge in [0.25, 0.3) is 5.91 Å². The number of hydrogen-bond acceptors (Lipinski definition) is 7. The molecule has 0 atom stereocenters. The summed E-state index contributed by atoms with van der Waals surface area (Å²) in [5.41, 5.74) is 2.82. The topological polar surface area (TPSA) is 106 Å². The predicted molar refractivity (Wildman–Crippen MR) is 104 cm³/mol. The molecule has 142 valence electrons. The first-order valence-corrected chi connectivity index (χ1v) is 8.53. The molecule has 8 nitrogen and oxygen atoms in total. The number of hydrogen-bond donors (Lipinski definition) is 2. The Bertz CT molecular complexity index is 975. The van der Waals surface area contributed by atoms with Crippen LogP contribution in [0.15, 0.2) is 54.9 Å². The summed E-state index contributed by atoms with van der Waals surface area (Å²) in [5.74, 6) is -0.454. The number of esters is 1. The van der Waals surface area contributed by atoms with Gasteiger partial charge >= 0.3 is 5.97 Å². The first kappa shape index (κ1) is 19.0. The summed E-state index contributed by atoms with van der Waals surface area (Å²) in [7, 11) is 1.31. The van der Waals surface area contributed by atoms with Gasteiger partial charge in [0.15, 0.2) is 0 Å². The maximum atomic E-state index is 12.5. The Morgan fingerprint density at radius 2 is 1.89 bits per heavy atom. The lowest BCUT2D eigenvalue weighted by atomic mass is 10.2. The summed E-state index contributed by atoms with van der Waals surface area (Å²) in [6, 6.07) is 11.8. The molecule has 2 heterocycles. The van der Waals surface area contributed by atoms with Gasteiger partial charge in [-0.3, -0.25) is 9.78 Å². The van der Waals surface area contributed by atoms with E-state index in [2.05, 4.69) is 30.3 Å². The Labute approximate surface area is 162 Å². The molecule has 0 radical (unpaired) electrons. The minimum Gasteiger partial charge on any atom is -0.465 e. The average molecular weight is 377 g/mol. The third kappa shape index (κ3) is 4.88. The monoisotopic (exact) mass is 377 g/mol. The van der Waals surface area contributed by atoms with Crippen molar-refractivity contribution < 1.29 is 14.3 Å². The fraction of sp³-hybridized carbons (Fsp3) is 0.150. The molecule has 0 bridgehead atoms. The van der Waals surface area contributed by atoms with E-state index in [9.17, 15) is 9.59 Å². The Morgan fingerprint density at radius 1 is 1.11 bits per heavy atom. The van der Waals surface area contributed by atoms with Crippen molar-refractivity contribution in [3.05, 3.63) is 77.4 Å². The molecule has 0 unspecified atom stereocenters. The minimum absolute atomic E-state index is 0.234. The van der Waals surface area contributed by atoms with Crippen LogP contribution in [0.1, 0.15) is 32.1 Å². The minimum atomic E-state index is -0.436. The lowest BCUT2D eigenvalue weighted by Crippen LogP contribution is -2.16. The second-order valence-corrected chi connectivity index (χ2v) is 5.96. The molecule has 0 fully saturated rings. The lowest BCUT2D eigenvalue weighted by Gasteiger charge is -2.09. The number of amides is 1. The molecule has 3 aromatic rings. The van der Waals surface area contributed by atoms with Crippen LogP contribution in [-0.2, 0) is 11.3 Å². The van der Waals surface area contributed by atoms with Gasteiger partial charge in [-0.15, -0.1) is 0 Å². The van der Waals surface area contributed by atoms with Crippen molar-refractivity contribution in [1.29, 1.82) is 0 Å². The van der Waals surface area contributed by atoms with Gasteiger partial charge in [-0.1, -0.05) is 6.07 Å². The zero-order valence-corrected chi connectivity index (χ0v) is 15.5. The molecule has 0 saturated carbocycles. The van der Waals surface area contributed by atoms with Crippen LogP contribution in [0.25, 0.3) is 0 Å². The third-order valence-corrected chi connectivity index (χ3v) is 3.82. The van der Waals surface area contributed by atoms with Gasteiger partial charge in [0.05, 0.1) is 12.7 Å². The van der Waals surface area contributed by atoms with Crippen LogP contribution in [0.2, 0.25) is 0 Å². The number of aromatic nitrogens is 3. The second kappa shape index (κ2) is 8.72. The fourth-order valence-electron chi connectivity index (χ4n) is 2.45. The van der Waals surface area contributed by atoms with E-state index in [1.807, 2.05) is 12.1 Å². The van der Waals surface area contributed by atoms with Gasteiger partial charge in [-0.2, -0.15) is 0 Å². The molecular formula is C20H19N5O3. The molecule has 0 aliphatic heterocycles. The quantitative estimate of drug-likeness (QED) is 0.636. The van der Waals surface area contributed by atoms with Crippen LogP contribution in [0.5, 0.6) is 0 Å². The van der Waals surface area contributed by atoms with E-state index in [1.54, 1.807) is 49.6 Å². The standard InChI is InChI=1S/C20H19N5O3/c1-13-10-17(25-20(23-13)22-12-14-4-3-9-21-11-14)18(26)24-16-7-5-15(6-8-16)19(27)28-2/h3-11H,12H2,1-2H3,(H,24,26)(H,22,23,25). The van der Waals surface area contributed by atoms with E-state index in [0.29, 0.717) is 29.4 Å². The van der Waals surface area contributed by atoms with Crippen LogP contribution < -0.4 is 10.6 Å². The molecule has 0 saturated heterocycles. The number of rotatable bonds is 6. The van der Waals surface area contributed by atoms with Crippen LogP contribution in [0, 0.1) is 6.92 Å². The molecule has 0 spiro atoms. The number of carbonyl (C=O) groups is 2. The Morgan fingerprint density at radius 3 is 2.57 bits per heavy atom. The lowest BCUT2D eigenvalue weighted by molar-refractivity contribution is 0.0600. The summed E-state index contributed by atoms with van der Waals surface area (Å²) in [6.45, 7) is 2.28. The van der Waals surface area contributed by atoms with Crippen molar-refractivity contribution in [2.75, 3.05) is 17.7 Å². The number of anilines is 2. The largest absolute Gasteiger partial charge is 0.465 e. The molecule has 3 rings (SSSR count). The first-order valence-electron chi connectivity index (χ1n) is 8.53. The molecule has 1 aromatic carbocycles. The van der Waals surface area contributed by atoms with Crippen molar-refractivity contribution in [1.82, 2.24) is 15.0 Å². The smallest absolute Gasteiger partial charge is 0.337 e. The van der Waals surface area contributed by atoms with Gasteiger partial charge in [0.1, 0.15) is 5.69 Å². The van der Waals surface area contributed by atoms with E-state index in [-0.39, 0.29) is 11.6 Å². The summed E-state index contributed by atoms with van der Waals surface area (Å²) in [5, 5.41) is 5.85. The van der Waals surface area contributed by atoms with Crippen molar-refractivity contribution in [2.24, 2.45) is 0 Å². The van der Waals surface area contributed by atoms with Gasteiger partial charge in [0, 0.05) is 30.3 Å². The third-order valence-electron chi connectivity index (χ3n) is 3.82. The van der Waals surface area contributed by atoms with Crippen LogP contribution in [0.4, 0.5) is 11.6 Å². The van der Waals surface area contributed by atoms with E-state index in [4.69, 9.17) is 0 Å². The highest BCUT2D eigenvalue weighted by molar-refractivity contribution is 6.03. The molecule has 2 N–H and O–H groups in total. The Hall–Kier alpha value is -3.81. The number of ether oxygens (including phenoxy) is 1. The van der Waals surface area contributed by atoms with E-state index in [0.717, 1.165) is 5.56 Å². The summed E-state index contributed by atoms with van der Waals surface area (Å²) >= 11 is 0. The number of aryl methyl sites for hydroxylation is 1. The maximum Gasteiger partial charge on any atom is 0.337 e.